The van der Waals surface area contributed by atoms with Crippen molar-refractivity contribution in [3.05, 3.63) is 82.0 Å². The predicted molar refractivity (Wildman–Crippen MR) is 135 cm³/mol. The molecule has 2 aromatic carbocycles. The van der Waals surface area contributed by atoms with E-state index in [0.717, 1.165) is 46.2 Å². The van der Waals surface area contributed by atoms with Crippen LogP contribution in [-0.2, 0) is 24.2 Å². The van der Waals surface area contributed by atoms with Gasteiger partial charge in [0, 0.05) is 29.2 Å². The zero-order valence-corrected chi connectivity index (χ0v) is 19.3. The van der Waals surface area contributed by atoms with Crippen LogP contribution < -0.4 is 10.9 Å². The molecule has 1 aliphatic carbocycles. The second-order valence-electron chi connectivity index (χ2n) is 8.58. The molecule has 0 aliphatic heterocycles. The number of imidazole rings is 1. The van der Waals surface area contributed by atoms with E-state index in [2.05, 4.69) is 15.3 Å². The summed E-state index contributed by atoms with van der Waals surface area (Å²) in [6, 6.07) is 15.6. The number of anilines is 1. The lowest BCUT2D eigenvalue weighted by Gasteiger charge is -2.11. The second kappa shape index (κ2) is 8.53. The van der Waals surface area contributed by atoms with Gasteiger partial charge in [-0.05, 0) is 67.6 Å². The number of aryl methyl sites for hydroxylation is 3. The monoisotopic (exact) mass is 469 g/mol. The molecule has 0 unspecified atom stereocenters. The summed E-state index contributed by atoms with van der Waals surface area (Å²) in [5.74, 6) is -0.139. The fourth-order valence-corrected chi connectivity index (χ4v) is 5.88. The fraction of sp³-hybridized carbons (Fsp3) is 0.231. The summed E-state index contributed by atoms with van der Waals surface area (Å²) in [4.78, 5) is 36.7. The minimum Gasteiger partial charge on any atom is -0.326 e. The van der Waals surface area contributed by atoms with Gasteiger partial charge >= 0.3 is 0 Å². The Hall–Kier alpha value is -3.78. The van der Waals surface area contributed by atoms with Gasteiger partial charge in [-0.2, -0.15) is 0 Å². The van der Waals surface area contributed by atoms with Gasteiger partial charge in [-0.15, -0.1) is 11.3 Å². The third-order valence-electron chi connectivity index (χ3n) is 6.40. The van der Waals surface area contributed by atoms with Gasteiger partial charge in [-0.1, -0.05) is 12.1 Å². The van der Waals surface area contributed by atoms with Gasteiger partial charge in [0.15, 0.2) is 0 Å². The number of thiophene rings is 1. The molecule has 1 N–H and O–H groups in total. The smallest absolute Gasteiger partial charge is 0.262 e. The maximum Gasteiger partial charge on any atom is 0.262 e. The molecule has 0 spiro atoms. The third kappa shape index (κ3) is 3.70. The summed E-state index contributed by atoms with van der Waals surface area (Å²) >= 11 is 1.64. The lowest BCUT2D eigenvalue weighted by atomic mass is 9.97. The van der Waals surface area contributed by atoms with Crippen LogP contribution in [0, 0.1) is 0 Å². The van der Waals surface area contributed by atoms with Crippen molar-refractivity contribution in [2.45, 2.75) is 38.6 Å². The highest BCUT2D eigenvalue weighted by atomic mass is 32.1. The Morgan fingerprint density at radius 1 is 1.00 bits per heavy atom. The number of benzene rings is 2. The molecule has 3 heterocycles. The first-order chi connectivity index (χ1) is 16.7. The number of nitrogens with one attached hydrogen (secondary N) is 1. The van der Waals surface area contributed by atoms with Crippen LogP contribution in [0.2, 0.25) is 0 Å². The molecule has 8 heteroatoms. The SMILES string of the molecule is O=C(CCn1cnc2sc3c(c2c1=O)CCCC3)Nc1ccc(-n2cnc3ccccc32)cc1. The number of para-hydroxylation sites is 2. The number of amides is 1. The number of carbonyl (C=O) groups excluding carboxylic acids is 1. The zero-order valence-electron chi connectivity index (χ0n) is 18.5. The van der Waals surface area contributed by atoms with Crippen molar-refractivity contribution in [3.63, 3.8) is 0 Å². The number of fused-ring (bicyclic) bond motifs is 4. The molecule has 3 aromatic heterocycles. The van der Waals surface area contributed by atoms with Crippen LogP contribution in [-0.4, -0.2) is 25.0 Å². The van der Waals surface area contributed by atoms with E-state index in [1.807, 2.05) is 53.1 Å². The molecule has 6 rings (SSSR count). The molecule has 0 saturated heterocycles. The van der Waals surface area contributed by atoms with Crippen molar-refractivity contribution in [2.75, 3.05) is 5.32 Å². The Morgan fingerprint density at radius 2 is 1.82 bits per heavy atom. The first-order valence-corrected chi connectivity index (χ1v) is 12.3. The average molecular weight is 470 g/mol. The van der Waals surface area contributed by atoms with Crippen molar-refractivity contribution in [2.24, 2.45) is 0 Å². The second-order valence-corrected chi connectivity index (χ2v) is 9.67. The molecular formula is C26H23N5O2S. The van der Waals surface area contributed by atoms with Crippen LogP contribution >= 0.6 is 11.3 Å². The van der Waals surface area contributed by atoms with Gasteiger partial charge in [0.05, 0.1) is 22.7 Å². The number of nitrogens with zero attached hydrogens (tertiary/aromatic N) is 4. The molecule has 1 amide bonds. The average Bonchev–Trinajstić information content (AvgIpc) is 3.46. The van der Waals surface area contributed by atoms with Crippen LogP contribution in [0.4, 0.5) is 5.69 Å². The molecule has 170 valence electrons. The molecule has 0 fully saturated rings. The number of carbonyl (C=O) groups is 1. The lowest BCUT2D eigenvalue weighted by molar-refractivity contribution is -0.116. The van der Waals surface area contributed by atoms with Crippen LogP contribution in [0.5, 0.6) is 0 Å². The van der Waals surface area contributed by atoms with Crippen LogP contribution in [0.1, 0.15) is 29.7 Å². The van der Waals surface area contributed by atoms with Gasteiger partial charge in [-0.3, -0.25) is 18.7 Å². The standard InChI is InChI=1S/C26H23N5O2S/c32-23(13-14-30-15-28-25-24(26(30)33)19-5-1-4-8-22(19)34-25)29-17-9-11-18(12-10-17)31-16-27-20-6-2-3-7-21(20)31/h2-3,6-7,9-12,15-16H,1,4-5,8,13-14H2,(H,29,32). The maximum atomic E-state index is 13.1. The minimum atomic E-state index is -0.139. The summed E-state index contributed by atoms with van der Waals surface area (Å²) in [5, 5.41) is 3.68. The first kappa shape index (κ1) is 20.8. The summed E-state index contributed by atoms with van der Waals surface area (Å²) in [5.41, 5.74) is 4.79. The number of hydrogen-bond acceptors (Lipinski definition) is 5. The maximum absolute atomic E-state index is 13.1. The first-order valence-electron chi connectivity index (χ1n) is 11.5. The Kier molecular flexibility index (Phi) is 5.22. The summed E-state index contributed by atoms with van der Waals surface area (Å²) in [6.07, 6.45) is 7.85. The summed E-state index contributed by atoms with van der Waals surface area (Å²) in [6.45, 7) is 0.303. The summed E-state index contributed by atoms with van der Waals surface area (Å²) < 4.78 is 3.58. The molecule has 0 radical (unpaired) electrons. The van der Waals surface area contributed by atoms with Crippen LogP contribution in [0.25, 0.3) is 26.9 Å². The Labute approximate surface area is 199 Å². The van der Waals surface area contributed by atoms with Gasteiger partial charge in [0.1, 0.15) is 11.2 Å². The number of aromatic nitrogens is 4. The molecular weight excluding hydrogens is 446 g/mol. The van der Waals surface area contributed by atoms with E-state index >= 15 is 0 Å². The van der Waals surface area contributed by atoms with E-state index in [1.165, 1.54) is 16.9 Å². The van der Waals surface area contributed by atoms with E-state index < -0.39 is 0 Å². The lowest BCUT2D eigenvalue weighted by Crippen LogP contribution is -2.24. The molecule has 0 saturated carbocycles. The van der Waals surface area contributed by atoms with Crippen LogP contribution in [0.15, 0.2) is 66.0 Å². The van der Waals surface area contributed by atoms with Crippen LogP contribution in [0.3, 0.4) is 0 Å². The highest BCUT2D eigenvalue weighted by Gasteiger charge is 2.20. The molecule has 7 nitrogen and oxygen atoms in total. The number of rotatable bonds is 5. The van der Waals surface area contributed by atoms with E-state index in [9.17, 15) is 9.59 Å². The molecule has 0 bridgehead atoms. The highest BCUT2D eigenvalue weighted by Crippen LogP contribution is 2.33. The molecule has 34 heavy (non-hydrogen) atoms. The Bertz CT molecular complexity index is 1580. The Balaban J connectivity index is 1.14. The van der Waals surface area contributed by atoms with E-state index in [1.54, 1.807) is 28.6 Å². The largest absolute Gasteiger partial charge is 0.326 e. The number of hydrogen-bond donors (Lipinski definition) is 1. The quantitative estimate of drug-likeness (QED) is 0.404. The van der Waals surface area contributed by atoms with Gasteiger partial charge in [0.2, 0.25) is 5.91 Å². The fourth-order valence-electron chi connectivity index (χ4n) is 4.66. The highest BCUT2D eigenvalue weighted by molar-refractivity contribution is 7.18. The molecule has 1 aliphatic rings. The van der Waals surface area contributed by atoms with E-state index in [0.29, 0.717) is 12.2 Å². The van der Waals surface area contributed by atoms with Crippen molar-refractivity contribution >= 4 is 44.2 Å². The zero-order chi connectivity index (χ0) is 23.1. The third-order valence-corrected chi connectivity index (χ3v) is 7.60. The van der Waals surface area contributed by atoms with Gasteiger partial charge in [-0.25, -0.2) is 9.97 Å². The normalized spacial score (nSPS) is 13.3. The summed E-state index contributed by atoms with van der Waals surface area (Å²) in [7, 11) is 0. The minimum absolute atomic E-state index is 0.0332. The van der Waals surface area contributed by atoms with E-state index in [4.69, 9.17) is 0 Å². The Morgan fingerprint density at radius 3 is 2.71 bits per heavy atom. The van der Waals surface area contributed by atoms with Crippen molar-refractivity contribution in [1.82, 2.24) is 19.1 Å². The van der Waals surface area contributed by atoms with Gasteiger partial charge < -0.3 is 5.32 Å². The molecule has 5 aromatic rings. The van der Waals surface area contributed by atoms with Crippen molar-refractivity contribution < 1.29 is 4.79 Å². The van der Waals surface area contributed by atoms with Crippen molar-refractivity contribution in [1.29, 1.82) is 0 Å². The predicted octanol–water partition coefficient (Wildman–Crippen LogP) is 4.70. The van der Waals surface area contributed by atoms with Gasteiger partial charge in [0.25, 0.3) is 5.56 Å². The van der Waals surface area contributed by atoms with E-state index in [-0.39, 0.29) is 17.9 Å². The topological polar surface area (TPSA) is 81.8 Å². The van der Waals surface area contributed by atoms with Crippen molar-refractivity contribution in [3.8, 4) is 5.69 Å². The molecule has 0 atom stereocenters.